The van der Waals surface area contributed by atoms with Gasteiger partial charge in [-0.05, 0) is 39.8 Å². The van der Waals surface area contributed by atoms with Crippen molar-refractivity contribution in [2.45, 2.75) is 39.3 Å². The molecule has 1 rings (SSSR count). The summed E-state index contributed by atoms with van der Waals surface area (Å²) in [5.74, 6) is 0.991. The van der Waals surface area contributed by atoms with Gasteiger partial charge in [0.25, 0.3) is 0 Å². The second-order valence-electron chi connectivity index (χ2n) is 4.87. The van der Waals surface area contributed by atoms with Crippen molar-refractivity contribution in [2.24, 2.45) is 0 Å². The first-order valence-corrected chi connectivity index (χ1v) is 5.51. The number of hydrogen-bond donors (Lipinski definition) is 2. The lowest BCUT2D eigenvalue weighted by molar-refractivity contribution is 0.395. The molecule has 0 bridgehead atoms. The Morgan fingerprint density at radius 2 is 2.07 bits per heavy atom. The first-order chi connectivity index (χ1) is 6.99. The maximum Gasteiger partial charge on any atom is 0.120 e. The third-order valence-electron chi connectivity index (χ3n) is 2.20. The third kappa shape index (κ3) is 5.00. The number of nitrogens with one attached hydrogen (secondary N) is 2. The molecule has 0 fully saturated rings. The Balaban J connectivity index is 2.16. The molecule has 1 heterocycles. The first kappa shape index (κ1) is 12.3. The zero-order valence-corrected chi connectivity index (χ0v) is 10.1. The fraction of sp³-hybridized carbons (Fsp3) is 0.667. The lowest BCUT2D eigenvalue weighted by Gasteiger charge is -2.21. The van der Waals surface area contributed by atoms with Crippen LogP contribution in [0.4, 0.5) is 0 Å². The zero-order valence-electron chi connectivity index (χ0n) is 10.1. The predicted molar refractivity (Wildman–Crippen MR) is 62.9 cm³/mol. The van der Waals surface area contributed by atoms with E-state index < -0.39 is 0 Å². The van der Waals surface area contributed by atoms with E-state index in [1.807, 2.05) is 12.1 Å². The van der Waals surface area contributed by atoms with Gasteiger partial charge in [0.1, 0.15) is 5.76 Å². The zero-order chi connectivity index (χ0) is 11.3. The van der Waals surface area contributed by atoms with Crippen LogP contribution in [-0.2, 0) is 0 Å². The van der Waals surface area contributed by atoms with Crippen LogP contribution in [-0.4, -0.2) is 18.6 Å². The van der Waals surface area contributed by atoms with E-state index in [9.17, 15) is 0 Å². The molecule has 0 unspecified atom stereocenters. The summed E-state index contributed by atoms with van der Waals surface area (Å²) in [7, 11) is 0. The van der Waals surface area contributed by atoms with Gasteiger partial charge < -0.3 is 15.1 Å². The van der Waals surface area contributed by atoms with E-state index in [0.29, 0.717) is 0 Å². The fourth-order valence-electron chi connectivity index (χ4n) is 1.36. The lowest BCUT2D eigenvalue weighted by atomic mass is 10.1. The monoisotopic (exact) mass is 210 g/mol. The third-order valence-corrected chi connectivity index (χ3v) is 2.20. The van der Waals surface area contributed by atoms with Crippen LogP contribution in [0.1, 0.15) is 39.5 Å². The summed E-state index contributed by atoms with van der Waals surface area (Å²) < 4.78 is 5.31. The Morgan fingerprint density at radius 3 is 2.60 bits per heavy atom. The molecule has 1 atom stereocenters. The van der Waals surface area contributed by atoms with E-state index in [-0.39, 0.29) is 11.6 Å². The average molecular weight is 210 g/mol. The molecule has 86 valence electrons. The molecule has 0 radical (unpaired) electrons. The minimum atomic E-state index is 0.190. The van der Waals surface area contributed by atoms with Crippen LogP contribution in [0.2, 0.25) is 0 Å². The molecule has 0 aliphatic heterocycles. The summed E-state index contributed by atoms with van der Waals surface area (Å²) in [4.78, 5) is 0. The van der Waals surface area contributed by atoms with Gasteiger partial charge in [-0.1, -0.05) is 0 Å². The van der Waals surface area contributed by atoms with Crippen LogP contribution >= 0.6 is 0 Å². The SMILES string of the molecule is C[C@@H](NCCNC(C)(C)C)c1ccco1. The molecule has 0 spiro atoms. The van der Waals surface area contributed by atoms with Crippen molar-refractivity contribution >= 4 is 0 Å². The minimum Gasteiger partial charge on any atom is -0.468 e. The van der Waals surface area contributed by atoms with Crippen molar-refractivity contribution < 1.29 is 4.42 Å². The summed E-state index contributed by atoms with van der Waals surface area (Å²) in [5.41, 5.74) is 0.190. The second-order valence-corrected chi connectivity index (χ2v) is 4.87. The second kappa shape index (κ2) is 5.33. The topological polar surface area (TPSA) is 37.2 Å². The standard InChI is InChI=1S/C12H22N2O/c1-10(11-6-5-9-15-11)13-7-8-14-12(2,3)4/h5-6,9-10,13-14H,7-8H2,1-4H3/t10-/m1/s1. The molecule has 0 saturated heterocycles. The van der Waals surface area contributed by atoms with Crippen molar-refractivity contribution in [3.05, 3.63) is 24.2 Å². The minimum absolute atomic E-state index is 0.190. The number of hydrogen-bond acceptors (Lipinski definition) is 3. The lowest BCUT2D eigenvalue weighted by Crippen LogP contribution is -2.40. The first-order valence-electron chi connectivity index (χ1n) is 5.51. The van der Waals surface area contributed by atoms with Crippen LogP contribution in [0.3, 0.4) is 0 Å². The van der Waals surface area contributed by atoms with Gasteiger partial charge in [-0.2, -0.15) is 0 Å². The Labute approximate surface area is 92.2 Å². The number of rotatable bonds is 5. The Bertz CT molecular complexity index is 262. The normalized spacial score (nSPS) is 14.1. The van der Waals surface area contributed by atoms with E-state index in [0.717, 1.165) is 18.8 Å². The highest BCUT2D eigenvalue weighted by atomic mass is 16.3. The van der Waals surface area contributed by atoms with Crippen LogP contribution < -0.4 is 10.6 Å². The summed E-state index contributed by atoms with van der Waals surface area (Å²) in [6.07, 6.45) is 1.71. The van der Waals surface area contributed by atoms with Gasteiger partial charge in [0, 0.05) is 18.6 Å². The molecule has 1 aromatic rings. The predicted octanol–water partition coefficient (Wildman–Crippen LogP) is 2.32. The van der Waals surface area contributed by atoms with E-state index in [2.05, 4.69) is 38.3 Å². The average Bonchev–Trinajstić information content (AvgIpc) is 2.63. The maximum atomic E-state index is 5.31. The molecular weight excluding hydrogens is 188 g/mol. The van der Waals surface area contributed by atoms with E-state index in [1.165, 1.54) is 0 Å². The summed E-state index contributed by atoms with van der Waals surface area (Å²) in [5, 5.41) is 6.83. The quantitative estimate of drug-likeness (QED) is 0.732. The molecule has 15 heavy (non-hydrogen) atoms. The summed E-state index contributed by atoms with van der Waals surface area (Å²) in [6.45, 7) is 10.5. The molecule has 3 heteroatoms. The highest BCUT2D eigenvalue weighted by Gasteiger charge is 2.09. The van der Waals surface area contributed by atoms with Crippen LogP contribution in [0, 0.1) is 0 Å². The van der Waals surface area contributed by atoms with Gasteiger partial charge >= 0.3 is 0 Å². The van der Waals surface area contributed by atoms with Gasteiger partial charge in [0.05, 0.1) is 12.3 Å². The maximum absolute atomic E-state index is 5.31. The van der Waals surface area contributed by atoms with Crippen LogP contribution in [0.5, 0.6) is 0 Å². The van der Waals surface area contributed by atoms with Crippen molar-refractivity contribution in [1.29, 1.82) is 0 Å². The highest BCUT2D eigenvalue weighted by Crippen LogP contribution is 2.11. The Kier molecular flexibility index (Phi) is 4.36. The van der Waals surface area contributed by atoms with E-state index >= 15 is 0 Å². The molecule has 2 N–H and O–H groups in total. The van der Waals surface area contributed by atoms with E-state index in [4.69, 9.17) is 4.42 Å². The van der Waals surface area contributed by atoms with Gasteiger partial charge in [0.15, 0.2) is 0 Å². The van der Waals surface area contributed by atoms with Crippen molar-refractivity contribution in [1.82, 2.24) is 10.6 Å². The van der Waals surface area contributed by atoms with Gasteiger partial charge in [-0.3, -0.25) is 0 Å². The summed E-state index contributed by atoms with van der Waals surface area (Å²) >= 11 is 0. The molecule has 0 aromatic carbocycles. The highest BCUT2D eigenvalue weighted by molar-refractivity contribution is 5.02. The molecule has 0 aliphatic carbocycles. The smallest absolute Gasteiger partial charge is 0.120 e. The van der Waals surface area contributed by atoms with Gasteiger partial charge in [0.2, 0.25) is 0 Å². The van der Waals surface area contributed by atoms with Crippen molar-refractivity contribution in [3.63, 3.8) is 0 Å². The molecule has 1 aromatic heterocycles. The van der Waals surface area contributed by atoms with E-state index in [1.54, 1.807) is 6.26 Å². The molecular formula is C12H22N2O. The van der Waals surface area contributed by atoms with Crippen LogP contribution in [0.15, 0.2) is 22.8 Å². The fourth-order valence-corrected chi connectivity index (χ4v) is 1.36. The Hall–Kier alpha value is -0.800. The van der Waals surface area contributed by atoms with Crippen molar-refractivity contribution in [2.75, 3.05) is 13.1 Å². The number of furan rings is 1. The molecule has 0 amide bonds. The molecule has 0 saturated carbocycles. The van der Waals surface area contributed by atoms with Gasteiger partial charge in [-0.25, -0.2) is 0 Å². The van der Waals surface area contributed by atoms with Crippen molar-refractivity contribution in [3.8, 4) is 0 Å². The molecule has 3 nitrogen and oxygen atoms in total. The Morgan fingerprint density at radius 1 is 1.33 bits per heavy atom. The van der Waals surface area contributed by atoms with Crippen LogP contribution in [0.25, 0.3) is 0 Å². The largest absolute Gasteiger partial charge is 0.468 e. The van der Waals surface area contributed by atoms with Gasteiger partial charge in [-0.15, -0.1) is 0 Å². The summed E-state index contributed by atoms with van der Waals surface area (Å²) in [6, 6.07) is 4.19. The molecule has 0 aliphatic rings.